The van der Waals surface area contributed by atoms with E-state index in [0.717, 1.165) is 17.2 Å². The van der Waals surface area contributed by atoms with Crippen molar-refractivity contribution in [3.63, 3.8) is 0 Å². The molecule has 2 unspecified atom stereocenters. The Labute approximate surface area is 110 Å². The quantitative estimate of drug-likeness (QED) is 0.777. The van der Waals surface area contributed by atoms with Crippen LogP contribution >= 0.6 is 15.9 Å². The molecule has 2 aromatic rings. The molecule has 0 fully saturated rings. The molecule has 0 saturated heterocycles. The smallest absolute Gasteiger partial charge is 0.105 e. The number of hydrogen-bond acceptors (Lipinski definition) is 2. The predicted molar refractivity (Wildman–Crippen MR) is 72.5 cm³/mol. The molecule has 0 aromatic carbocycles. The average Bonchev–Trinajstić information content (AvgIpc) is 2.68. The van der Waals surface area contributed by atoms with Crippen molar-refractivity contribution in [2.45, 2.75) is 31.5 Å². The van der Waals surface area contributed by atoms with Gasteiger partial charge >= 0.3 is 0 Å². The summed E-state index contributed by atoms with van der Waals surface area (Å²) in [5.74, 6) is 2.24. The first-order chi connectivity index (χ1) is 8.09. The number of alkyl halides is 1. The van der Waals surface area contributed by atoms with E-state index in [1.807, 2.05) is 32.2 Å². The molecular weight excluding hydrogens is 278 g/mol. The predicted octanol–water partition coefficient (Wildman–Crippen LogP) is 4.53. The second kappa shape index (κ2) is 5.05. The molecule has 0 N–H and O–H groups in total. The summed E-state index contributed by atoms with van der Waals surface area (Å²) in [5, 5.41) is 0. The Bertz CT molecular complexity index is 492. The molecule has 0 aliphatic carbocycles. The van der Waals surface area contributed by atoms with Crippen LogP contribution in [0, 0.1) is 13.8 Å². The zero-order chi connectivity index (χ0) is 12.4. The van der Waals surface area contributed by atoms with Crippen LogP contribution in [0.5, 0.6) is 0 Å². The highest BCUT2D eigenvalue weighted by molar-refractivity contribution is 9.09. The Balaban J connectivity index is 2.26. The third kappa shape index (κ3) is 2.60. The van der Waals surface area contributed by atoms with E-state index in [0.29, 0.717) is 5.92 Å². The third-order valence-corrected chi connectivity index (χ3v) is 4.26. The van der Waals surface area contributed by atoms with Crippen LogP contribution in [0.4, 0.5) is 0 Å². The monoisotopic (exact) mass is 293 g/mol. The van der Waals surface area contributed by atoms with Crippen LogP contribution < -0.4 is 0 Å². The summed E-state index contributed by atoms with van der Waals surface area (Å²) < 4.78 is 5.57. The van der Waals surface area contributed by atoms with Crippen molar-refractivity contribution in [1.29, 1.82) is 0 Å². The first-order valence-electron chi connectivity index (χ1n) is 5.71. The SMILES string of the molecule is Cc1cc(C(Br)C(C)c2ccccn2)c(C)o1. The average molecular weight is 294 g/mol. The van der Waals surface area contributed by atoms with Crippen LogP contribution in [-0.2, 0) is 0 Å². The van der Waals surface area contributed by atoms with Gasteiger partial charge in [0.05, 0.1) is 4.83 Å². The molecule has 2 rings (SSSR count). The molecule has 0 radical (unpaired) electrons. The fourth-order valence-corrected chi connectivity index (χ4v) is 2.71. The Hall–Kier alpha value is -1.09. The number of pyridine rings is 1. The maximum atomic E-state index is 5.57. The fraction of sp³-hybridized carbons (Fsp3) is 0.357. The minimum Gasteiger partial charge on any atom is -0.466 e. The first kappa shape index (κ1) is 12.4. The van der Waals surface area contributed by atoms with Crippen molar-refractivity contribution < 1.29 is 4.42 Å². The van der Waals surface area contributed by atoms with Gasteiger partial charge in [0.1, 0.15) is 11.5 Å². The Morgan fingerprint density at radius 1 is 1.29 bits per heavy atom. The van der Waals surface area contributed by atoms with Gasteiger partial charge in [-0.2, -0.15) is 0 Å². The first-order valence-corrected chi connectivity index (χ1v) is 6.63. The molecule has 0 aliphatic heterocycles. The van der Waals surface area contributed by atoms with E-state index in [2.05, 4.69) is 40.0 Å². The summed E-state index contributed by atoms with van der Waals surface area (Å²) in [7, 11) is 0. The maximum Gasteiger partial charge on any atom is 0.105 e. The molecular formula is C14H16BrNO. The van der Waals surface area contributed by atoms with Crippen molar-refractivity contribution in [2.24, 2.45) is 0 Å². The number of aromatic nitrogens is 1. The van der Waals surface area contributed by atoms with Gasteiger partial charge in [0.25, 0.3) is 0 Å². The summed E-state index contributed by atoms with van der Waals surface area (Å²) in [6.45, 7) is 6.15. The van der Waals surface area contributed by atoms with E-state index in [1.54, 1.807) is 0 Å². The molecule has 17 heavy (non-hydrogen) atoms. The van der Waals surface area contributed by atoms with E-state index in [4.69, 9.17) is 4.42 Å². The molecule has 90 valence electrons. The third-order valence-electron chi connectivity index (χ3n) is 2.97. The number of halogens is 1. The lowest BCUT2D eigenvalue weighted by atomic mass is 9.97. The second-order valence-electron chi connectivity index (χ2n) is 4.31. The van der Waals surface area contributed by atoms with Gasteiger partial charge in [-0.25, -0.2) is 0 Å². The zero-order valence-electron chi connectivity index (χ0n) is 10.3. The second-order valence-corrected chi connectivity index (χ2v) is 5.30. The van der Waals surface area contributed by atoms with Crippen molar-refractivity contribution in [2.75, 3.05) is 0 Å². The van der Waals surface area contributed by atoms with E-state index >= 15 is 0 Å². The Kier molecular flexibility index (Phi) is 3.67. The highest BCUT2D eigenvalue weighted by atomic mass is 79.9. The number of hydrogen-bond donors (Lipinski definition) is 0. The normalized spacial score (nSPS) is 14.6. The summed E-state index contributed by atoms with van der Waals surface area (Å²) in [5.41, 5.74) is 2.30. The Morgan fingerprint density at radius 2 is 2.06 bits per heavy atom. The molecule has 3 heteroatoms. The molecule has 0 bridgehead atoms. The largest absolute Gasteiger partial charge is 0.466 e. The summed E-state index contributed by atoms with van der Waals surface area (Å²) in [6, 6.07) is 8.11. The van der Waals surface area contributed by atoms with E-state index < -0.39 is 0 Å². The van der Waals surface area contributed by atoms with Crippen LogP contribution in [0.2, 0.25) is 0 Å². The van der Waals surface area contributed by atoms with Gasteiger partial charge in [0.2, 0.25) is 0 Å². The van der Waals surface area contributed by atoms with Crippen molar-refractivity contribution in [3.8, 4) is 0 Å². The van der Waals surface area contributed by atoms with Gasteiger partial charge in [-0.15, -0.1) is 0 Å². The van der Waals surface area contributed by atoms with Crippen LogP contribution in [0.25, 0.3) is 0 Å². The lowest BCUT2D eigenvalue weighted by Crippen LogP contribution is -2.04. The molecule has 2 atom stereocenters. The van der Waals surface area contributed by atoms with Crippen molar-refractivity contribution in [1.82, 2.24) is 4.98 Å². The number of nitrogens with zero attached hydrogens (tertiary/aromatic N) is 1. The summed E-state index contributed by atoms with van der Waals surface area (Å²) in [6.07, 6.45) is 1.83. The van der Waals surface area contributed by atoms with E-state index in [1.165, 1.54) is 5.56 Å². The molecule has 0 aliphatic rings. The van der Waals surface area contributed by atoms with Gasteiger partial charge in [-0.3, -0.25) is 4.98 Å². The van der Waals surface area contributed by atoms with Gasteiger partial charge in [-0.1, -0.05) is 28.9 Å². The minimum absolute atomic E-state index is 0.231. The highest BCUT2D eigenvalue weighted by Crippen LogP contribution is 2.39. The maximum absolute atomic E-state index is 5.57. The number of rotatable bonds is 3. The molecule has 2 aromatic heterocycles. The lowest BCUT2D eigenvalue weighted by molar-refractivity contribution is 0.499. The van der Waals surface area contributed by atoms with Crippen LogP contribution in [-0.4, -0.2) is 4.98 Å². The van der Waals surface area contributed by atoms with E-state index in [-0.39, 0.29) is 4.83 Å². The van der Waals surface area contributed by atoms with Crippen LogP contribution in [0.1, 0.15) is 40.4 Å². The standard InChI is InChI=1S/C14H16BrNO/c1-9-8-12(11(3)17-9)14(15)10(2)13-6-4-5-7-16-13/h4-8,10,14H,1-3H3. The van der Waals surface area contributed by atoms with Gasteiger partial charge in [0, 0.05) is 23.4 Å². The minimum atomic E-state index is 0.231. The summed E-state index contributed by atoms with van der Waals surface area (Å²) in [4.78, 5) is 4.63. The van der Waals surface area contributed by atoms with Crippen molar-refractivity contribution in [3.05, 3.63) is 53.2 Å². The van der Waals surface area contributed by atoms with E-state index in [9.17, 15) is 0 Å². The fourth-order valence-electron chi connectivity index (χ4n) is 1.99. The van der Waals surface area contributed by atoms with Crippen molar-refractivity contribution >= 4 is 15.9 Å². The highest BCUT2D eigenvalue weighted by Gasteiger charge is 2.22. The number of aryl methyl sites for hydroxylation is 2. The van der Waals surface area contributed by atoms with Gasteiger partial charge in [-0.05, 0) is 32.0 Å². The molecule has 0 amide bonds. The molecule has 2 heterocycles. The lowest BCUT2D eigenvalue weighted by Gasteiger charge is -2.17. The Morgan fingerprint density at radius 3 is 2.59 bits per heavy atom. The van der Waals surface area contributed by atoms with Crippen LogP contribution in [0.15, 0.2) is 34.9 Å². The summed E-state index contributed by atoms with van der Waals surface area (Å²) >= 11 is 3.75. The topological polar surface area (TPSA) is 26.0 Å². The number of furan rings is 1. The molecule has 2 nitrogen and oxygen atoms in total. The van der Waals surface area contributed by atoms with Gasteiger partial charge < -0.3 is 4.42 Å². The molecule has 0 spiro atoms. The zero-order valence-corrected chi connectivity index (χ0v) is 11.9. The van der Waals surface area contributed by atoms with Crippen LogP contribution in [0.3, 0.4) is 0 Å². The van der Waals surface area contributed by atoms with Gasteiger partial charge in [0.15, 0.2) is 0 Å². The molecule has 0 saturated carbocycles.